The van der Waals surface area contributed by atoms with E-state index in [0.29, 0.717) is 44.6 Å². The van der Waals surface area contributed by atoms with Gasteiger partial charge in [0.05, 0.1) is 11.7 Å². The Morgan fingerprint density at radius 2 is 1.47 bits per heavy atom. The molecule has 4 saturated carbocycles. The highest BCUT2D eigenvalue weighted by molar-refractivity contribution is 5.37. The van der Waals surface area contributed by atoms with E-state index in [9.17, 15) is 35.7 Å². The van der Waals surface area contributed by atoms with Gasteiger partial charge in [0.2, 0.25) is 0 Å². The van der Waals surface area contributed by atoms with Gasteiger partial charge in [-0.1, -0.05) is 13.8 Å². The van der Waals surface area contributed by atoms with Crippen molar-refractivity contribution in [2.24, 2.45) is 29.1 Å². The molecule has 9 nitrogen and oxygen atoms in total. The molecule has 0 aromatic heterocycles. The minimum absolute atomic E-state index is 0.0208. The molecule has 4 aliphatic carbocycles. The van der Waals surface area contributed by atoms with Gasteiger partial charge in [-0.15, -0.1) is 0 Å². The first-order valence-electron chi connectivity index (χ1n) is 14.0. The second-order valence-electron chi connectivity index (χ2n) is 14.3. The molecule has 7 aliphatic rings. The highest BCUT2D eigenvalue weighted by Gasteiger charge is 2.88. The van der Waals surface area contributed by atoms with E-state index in [0.717, 1.165) is 6.42 Å². The molecule has 0 amide bonds. The molecule has 204 valence electrons. The molecular formula is C27H43NO8. The number of piperidine rings is 2. The Balaban J connectivity index is 1.39. The summed E-state index contributed by atoms with van der Waals surface area (Å²) in [7, 11) is 0. The van der Waals surface area contributed by atoms with Crippen molar-refractivity contribution in [1.29, 1.82) is 0 Å². The maximum Gasteiger partial charge on any atom is 0.196 e. The van der Waals surface area contributed by atoms with Crippen molar-refractivity contribution in [1.82, 2.24) is 4.90 Å². The lowest BCUT2D eigenvalue weighted by Crippen LogP contribution is -2.85. The molecule has 9 heteroatoms. The third kappa shape index (κ3) is 2.27. The second kappa shape index (κ2) is 6.67. The Labute approximate surface area is 212 Å². The van der Waals surface area contributed by atoms with Crippen LogP contribution in [0.25, 0.3) is 0 Å². The standard InChI is InChI=1S/C27H43NO8/c1-14-4-7-18-22(3,31)26(34)17(12-28(18)11-14)24(33)13-25-16(23(24,32)10-20(26)30)6-5-15-21(25,2)9-8-19(29)27(15,35)36-25/h14-20,29-35H,4-13H2,1-3H3/t14-,15-,16-,17-,18-,19+,20-,21-,22+,23+,24+,25+,26-,27?/m0/s1. The number of aliphatic hydroxyl groups is 7. The fourth-order valence-electron chi connectivity index (χ4n) is 11.3. The summed E-state index contributed by atoms with van der Waals surface area (Å²) in [6.45, 7) is 6.70. The maximum absolute atomic E-state index is 12.7. The molecule has 7 rings (SSSR count). The molecule has 1 unspecified atom stereocenters. The molecule has 0 aromatic rings. The van der Waals surface area contributed by atoms with Crippen LogP contribution in [0.1, 0.15) is 72.1 Å². The topological polar surface area (TPSA) is 154 Å². The van der Waals surface area contributed by atoms with Gasteiger partial charge in [-0.25, -0.2) is 0 Å². The number of hydrogen-bond donors (Lipinski definition) is 7. The summed E-state index contributed by atoms with van der Waals surface area (Å²) in [5, 5.41) is 83.2. The summed E-state index contributed by atoms with van der Waals surface area (Å²) in [6, 6.07) is -0.360. The molecule has 0 aromatic carbocycles. The minimum atomic E-state index is -2.02. The number of rotatable bonds is 0. The van der Waals surface area contributed by atoms with E-state index in [2.05, 4.69) is 11.8 Å². The van der Waals surface area contributed by atoms with Gasteiger partial charge in [-0.3, -0.25) is 4.90 Å². The van der Waals surface area contributed by atoms with Crippen LogP contribution in [0.2, 0.25) is 0 Å². The van der Waals surface area contributed by atoms with Crippen molar-refractivity contribution in [2.45, 2.75) is 124 Å². The van der Waals surface area contributed by atoms with Crippen LogP contribution in [0.5, 0.6) is 0 Å². The number of aliphatic hydroxyl groups excluding tert-OH is 2. The van der Waals surface area contributed by atoms with Crippen LogP contribution in [0.15, 0.2) is 0 Å². The van der Waals surface area contributed by atoms with Crippen molar-refractivity contribution in [3.63, 3.8) is 0 Å². The van der Waals surface area contributed by atoms with Crippen molar-refractivity contribution in [3.8, 4) is 0 Å². The zero-order valence-electron chi connectivity index (χ0n) is 21.6. The van der Waals surface area contributed by atoms with E-state index < -0.39 is 63.3 Å². The Morgan fingerprint density at radius 3 is 2.19 bits per heavy atom. The quantitative estimate of drug-likeness (QED) is 0.228. The molecule has 4 bridgehead atoms. The zero-order valence-corrected chi connectivity index (χ0v) is 21.6. The van der Waals surface area contributed by atoms with Crippen LogP contribution in [0.4, 0.5) is 0 Å². The van der Waals surface area contributed by atoms with Crippen molar-refractivity contribution >= 4 is 0 Å². The van der Waals surface area contributed by atoms with Gasteiger partial charge < -0.3 is 40.5 Å². The summed E-state index contributed by atoms with van der Waals surface area (Å²) >= 11 is 0. The maximum atomic E-state index is 12.7. The third-order valence-corrected chi connectivity index (χ3v) is 13.1. The van der Waals surface area contributed by atoms with Gasteiger partial charge in [0.25, 0.3) is 0 Å². The Bertz CT molecular complexity index is 995. The molecule has 3 heterocycles. The summed E-state index contributed by atoms with van der Waals surface area (Å²) in [5.74, 6) is -3.30. The highest BCUT2D eigenvalue weighted by atomic mass is 16.7. The summed E-state index contributed by atoms with van der Waals surface area (Å²) < 4.78 is 6.52. The number of ether oxygens (including phenoxy) is 1. The molecule has 1 spiro atoms. The second-order valence-corrected chi connectivity index (χ2v) is 14.3. The summed E-state index contributed by atoms with van der Waals surface area (Å²) in [5.41, 5.74) is -9.07. The van der Waals surface area contributed by atoms with Gasteiger partial charge in [-0.2, -0.15) is 0 Å². The molecular weight excluding hydrogens is 466 g/mol. The monoisotopic (exact) mass is 509 g/mol. The highest BCUT2D eigenvalue weighted by Crippen LogP contribution is 2.78. The lowest BCUT2D eigenvalue weighted by molar-refractivity contribution is -0.354. The predicted molar refractivity (Wildman–Crippen MR) is 126 cm³/mol. The molecule has 0 radical (unpaired) electrons. The fourth-order valence-corrected chi connectivity index (χ4v) is 11.3. The molecule has 14 atom stereocenters. The zero-order chi connectivity index (χ0) is 25.9. The summed E-state index contributed by atoms with van der Waals surface area (Å²) in [4.78, 5) is 2.12. The molecule has 7 fully saturated rings. The van der Waals surface area contributed by atoms with Crippen LogP contribution in [0.3, 0.4) is 0 Å². The van der Waals surface area contributed by atoms with Gasteiger partial charge in [0, 0.05) is 55.1 Å². The van der Waals surface area contributed by atoms with Gasteiger partial charge in [0.1, 0.15) is 28.5 Å². The predicted octanol–water partition coefficient (Wildman–Crippen LogP) is -0.526. The first-order chi connectivity index (χ1) is 16.6. The van der Waals surface area contributed by atoms with Gasteiger partial charge in [0.15, 0.2) is 5.79 Å². The van der Waals surface area contributed by atoms with Gasteiger partial charge in [-0.05, 0) is 51.4 Å². The van der Waals surface area contributed by atoms with E-state index in [4.69, 9.17) is 4.74 Å². The first kappa shape index (κ1) is 24.7. The SMILES string of the molecule is C[C@H]1CC[C@@H]2N(C1)C[C@@H]1[C@](O)([C@@H](O)C[C@@]3(O)[C@@H]4CC[C@@H]5C6(O)O[C@@]4(C[C@@]13O)[C@@]5(C)CC[C@H]6O)[C@]2(C)O. The number of fused-ring (bicyclic) bond motifs is 5. The normalized spacial score (nSPS) is 68.0. The molecule has 3 saturated heterocycles. The van der Waals surface area contributed by atoms with E-state index in [1.165, 1.54) is 0 Å². The largest absolute Gasteiger partial charge is 0.390 e. The van der Waals surface area contributed by atoms with Gasteiger partial charge >= 0.3 is 0 Å². The average molecular weight is 510 g/mol. The first-order valence-corrected chi connectivity index (χ1v) is 14.0. The Morgan fingerprint density at radius 1 is 0.778 bits per heavy atom. The lowest BCUT2D eigenvalue weighted by atomic mass is 9.49. The van der Waals surface area contributed by atoms with Crippen molar-refractivity contribution < 1.29 is 40.5 Å². The van der Waals surface area contributed by atoms with E-state index in [1.54, 1.807) is 6.92 Å². The van der Waals surface area contributed by atoms with Crippen LogP contribution < -0.4 is 0 Å². The third-order valence-electron chi connectivity index (χ3n) is 13.1. The van der Waals surface area contributed by atoms with Crippen molar-refractivity contribution in [2.75, 3.05) is 13.1 Å². The molecule has 3 aliphatic heterocycles. The van der Waals surface area contributed by atoms with Crippen LogP contribution in [0, 0.1) is 29.1 Å². The number of hydrogen-bond acceptors (Lipinski definition) is 9. The Kier molecular flexibility index (Phi) is 4.57. The molecule has 7 N–H and O–H groups in total. The Hall–Kier alpha value is -0.360. The van der Waals surface area contributed by atoms with Crippen LogP contribution in [-0.2, 0) is 4.74 Å². The smallest absolute Gasteiger partial charge is 0.196 e. The number of nitrogens with zero attached hydrogens (tertiary/aromatic N) is 1. The van der Waals surface area contributed by atoms with E-state index >= 15 is 0 Å². The van der Waals surface area contributed by atoms with E-state index in [-0.39, 0.29) is 31.3 Å². The molecule has 36 heavy (non-hydrogen) atoms. The lowest BCUT2D eigenvalue weighted by Gasteiger charge is -2.68. The average Bonchev–Trinajstić information content (AvgIpc) is 2.97. The van der Waals surface area contributed by atoms with Crippen LogP contribution >= 0.6 is 0 Å². The summed E-state index contributed by atoms with van der Waals surface area (Å²) in [6.07, 6.45) is 0.752. The fraction of sp³-hybridized carbons (Fsp3) is 1.00. The van der Waals surface area contributed by atoms with E-state index in [1.807, 2.05) is 6.92 Å². The van der Waals surface area contributed by atoms with Crippen LogP contribution in [-0.4, -0.2) is 106 Å². The minimum Gasteiger partial charge on any atom is -0.390 e. The van der Waals surface area contributed by atoms with Crippen molar-refractivity contribution in [3.05, 3.63) is 0 Å².